The summed E-state index contributed by atoms with van der Waals surface area (Å²) in [6.45, 7) is 0. The Morgan fingerprint density at radius 1 is 0.471 bits per heavy atom. The number of aromatic nitrogens is 6. The zero-order chi connectivity index (χ0) is 33.5. The molecule has 6 nitrogen and oxygen atoms in total. The molecule has 5 heterocycles. The summed E-state index contributed by atoms with van der Waals surface area (Å²) in [6, 6.07) is 46.4. The van der Waals surface area contributed by atoms with E-state index in [4.69, 9.17) is 19.9 Å². The molecule has 0 spiro atoms. The molecule has 0 saturated heterocycles. The van der Waals surface area contributed by atoms with Crippen LogP contribution in [0.25, 0.3) is 102 Å². The minimum atomic E-state index is 0.570. The molecule has 5 aromatic heterocycles. The zero-order valence-electron chi connectivity index (χ0n) is 26.9. The fourth-order valence-electron chi connectivity index (χ4n) is 7.37. The Balaban J connectivity index is 1.27. The standard InChI is InChI=1S/C43H24N6S2/c1-3-11-25(12-4-1)26-19-21-28(22-20-26)41-46-40(27-13-5-2-6-14-27)47-43(48-41)49-32-17-9-7-15-29(32)34-35-30-16-8-10-18-33(30)50-38(35)36-31-23-44-24-45-42(31)51-39(36)37(34)49/h1-24H. The molecule has 6 aromatic carbocycles. The molecule has 0 unspecified atom stereocenters. The van der Waals surface area contributed by atoms with Crippen LogP contribution in [0.15, 0.2) is 146 Å². The lowest BCUT2D eigenvalue weighted by molar-refractivity contribution is 0.955. The van der Waals surface area contributed by atoms with Crippen molar-refractivity contribution in [2.75, 3.05) is 0 Å². The number of hydrogen-bond acceptors (Lipinski definition) is 7. The number of fused-ring (bicyclic) bond motifs is 12. The highest BCUT2D eigenvalue weighted by molar-refractivity contribution is 7.30. The van der Waals surface area contributed by atoms with Gasteiger partial charge in [0.25, 0.3) is 0 Å². The molecule has 0 aliphatic carbocycles. The van der Waals surface area contributed by atoms with Gasteiger partial charge in [-0.1, -0.05) is 121 Å². The van der Waals surface area contributed by atoms with Gasteiger partial charge >= 0.3 is 0 Å². The normalized spacial score (nSPS) is 11.9. The third-order valence-corrected chi connectivity index (χ3v) is 11.9. The first-order valence-corrected chi connectivity index (χ1v) is 18.3. The second-order valence-corrected chi connectivity index (χ2v) is 14.6. The molecule has 51 heavy (non-hydrogen) atoms. The van der Waals surface area contributed by atoms with Crippen molar-refractivity contribution in [1.29, 1.82) is 0 Å². The summed E-state index contributed by atoms with van der Waals surface area (Å²) in [4.78, 5) is 25.8. The minimum absolute atomic E-state index is 0.570. The predicted octanol–water partition coefficient (Wildman–Crippen LogP) is 11.5. The highest BCUT2D eigenvalue weighted by Crippen LogP contribution is 2.51. The van der Waals surface area contributed by atoms with E-state index < -0.39 is 0 Å². The zero-order valence-corrected chi connectivity index (χ0v) is 28.5. The Labute approximate surface area is 299 Å². The quantitative estimate of drug-likeness (QED) is 0.184. The van der Waals surface area contributed by atoms with E-state index >= 15 is 0 Å². The van der Waals surface area contributed by atoms with Crippen molar-refractivity contribution in [2.24, 2.45) is 0 Å². The molecule has 11 aromatic rings. The van der Waals surface area contributed by atoms with Gasteiger partial charge in [-0.05, 0) is 23.3 Å². The van der Waals surface area contributed by atoms with Gasteiger partial charge in [-0.3, -0.25) is 4.57 Å². The van der Waals surface area contributed by atoms with Crippen LogP contribution < -0.4 is 0 Å². The highest BCUT2D eigenvalue weighted by Gasteiger charge is 2.26. The summed E-state index contributed by atoms with van der Waals surface area (Å²) in [5, 5.41) is 7.07. The summed E-state index contributed by atoms with van der Waals surface area (Å²) in [6.07, 6.45) is 3.59. The molecule has 0 bridgehead atoms. The third kappa shape index (κ3) is 4.30. The molecule has 0 aliphatic rings. The van der Waals surface area contributed by atoms with Crippen LogP contribution in [0.5, 0.6) is 0 Å². The fraction of sp³-hybridized carbons (Fsp3) is 0. The van der Waals surface area contributed by atoms with Crippen molar-refractivity contribution >= 4 is 85.0 Å². The lowest BCUT2D eigenvalue weighted by Gasteiger charge is -2.12. The Morgan fingerprint density at radius 3 is 1.88 bits per heavy atom. The van der Waals surface area contributed by atoms with Crippen LogP contribution in [0, 0.1) is 0 Å². The maximum Gasteiger partial charge on any atom is 0.238 e. The lowest BCUT2D eigenvalue weighted by Crippen LogP contribution is -2.06. The molecule has 8 heteroatoms. The monoisotopic (exact) mass is 688 g/mol. The van der Waals surface area contributed by atoms with Crippen molar-refractivity contribution in [3.8, 4) is 39.9 Å². The van der Waals surface area contributed by atoms with E-state index in [2.05, 4.69) is 119 Å². The number of benzene rings is 6. The first-order valence-electron chi connectivity index (χ1n) is 16.7. The van der Waals surface area contributed by atoms with Crippen LogP contribution in [-0.4, -0.2) is 29.5 Å². The maximum absolute atomic E-state index is 5.29. The van der Waals surface area contributed by atoms with E-state index in [1.807, 2.05) is 41.8 Å². The fourth-order valence-corrected chi connectivity index (χ4v) is 9.87. The van der Waals surface area contributed by atoms with Crippen molar-refractivity contribution in [3.05, 3.63) is 146 Å². The molecule has 0 fully saturated rings. The molecule has 0 saturated carbocycles. The number of hydrogen-bond donors (Lipinski definition) is 0. The number of nitrogens with zero attached hydrogens (tertiary/aromatic N) is 6. The van der Waals surface area contributed by atoms with Crippen LogP contribution >= 0.6 is 22.7 Å². The maximum atomic E-state index is 5.29. The molecular formula is C43H24N6S2. The minimum Gasteiger partial charge on any atom is -0.276 e. The van der Waals surface area contributed by atoms with Gasteiger partial charge in [0.05, 0.1) is 15.7 Å². The van der Waals surface area contributed by atoms with Crippen molar-refractivity contribution < 1.29 is 0 Å². The molecule has 0 aliphatic heterocycles. The average molecular weight is 689 g/mol. The Hall–Kier alpha value is -6.35. The van der Waals surface area contributed by atoms with E-state index in [-0.39, 0.29) is 0 Å². The van der Waals surface area contributed by atoms with E-state index in [0.29, 0.717) is 17.6 Å². The molecular weight excluding hydrogens is 665 g/mol. The SMILES string of the molecule is c1ccc(-c2ccc(-c3nc(-c4ccccc4)nc(-n4c5ccccc5c5c6c7ccccc7sc6c6c7cncnc7sc6c54)n3)cc2)cc1. The van der Waals surface area contributed by atoms with Gasteiger partial charge in [0.1, 0.15) is 11.2 Å². The first-order chi connectivity index (χ1) is 25.3. The van der Waals surface area contributed by atoms with Gasteiger partial charge in [-0.2, -0.15) is 9.97 Å². The van der Waals surface area contributed by atoms with Gasteiger partial charge in [0.15, 0.2) is 11.6 Å². The summed E-state index contributed by atoms with van der Waals surface area (Å²) in [5.74, 6) is 1.81. The van der Waals surface area contributed by atoms with E-state index in [9.17, 15) is 0 Å². The van der Waals surface area contributed by atoms with E-state index in [1.54, 1.807) is 17.7 Å². The summed E-state index contributed by atoms with van der Waals surface area (Å²) in [5.41, 5.74) is 6.26. The Kier molecular flexibility index (Phi) is 6.19. The third-order valence-electron chi connectivity index (χ3n) is 9.64. The van der Waals surface area contributed by atoms with Crippen molar-refractivity contribution in [3.63, 3.8) is 0 Å². The molecule has 238 valence electrons. The topological polar surface area (TPSA) is 69.4 Å². The van der Waals surface area contributed by atoms with Gasteiger partial charge in [0.2, 0.25) is 5.95 Å². The van der Waals surface area contributed by atoms with Gasteiger partial charge in [-0.25, -0.2) is 15.0 Å². The molecule has 0 atom stereocenters. The second kappa shape index (κ2) is 11.1. The van der Waals surface area contributed by atoms with Gasteiger partial charge < -0.3 is 0 Å². The van der Waals surface area contributed by atoms with Crippen LogP contribution in [-0.2, 0) is 0 Å². The van der Waals surface area contributed by atoms with Crippen molar-refractivity contribution in [1.82, 2.24) is 29.5 Å². The summed E-state index contributed by atoms with van der Waals surface area (Å²) < 4.78 is 5.90. The van der Waals surface area contributed by atoms with E-state index in [0.717, 1.165) is 48.0 Å². The Morgan fingerprint density at radius 2 is 1.10 bits per heavy atom. The van der Waals surface area contributed by atoms with Gasteiger partial charge in [-0.15, -0.1) is 22.7 Å². The Bertz CT molecular complexity index is 3130. The van der Waals surface area contributed by atoms with Crippen LogP contribution in [0.4, 0.5) is 0 Å². The largest absolute Gasteiger partial charge is 0.276 e. The summed E-state index contributed by atoms with van der Waals surface area (Å²) in [7, 11) is 0. The van der Waals surface area contributed by atoms with Crippen molar-refractivity contribution in [2.45, 2.75) is 0 Å². The van der Waals surface area contributed by atoms with Gasteiger partial charge in [0, 0.05) is 59.0 Å². The first kappa shape index (κ1) is 28.5. The molecule has 0 radical (unpaired) electrons. The number of thiophene rings is 2. The molecule has 11 rings (SSSR count). The van der Waals surface area contributed by atoms with Crippen LogP contribution in [0.2, 0.25) is 0 Å². The van der Waals surface area contributed by atoms with Crippen LogP contribution in [0.1, 0.15) is 0 Å². The predicted molar refractivity (Wildman–Crippen MR) is 212 cm³/mol. The molecule has 0 N–H and O–H groups in total. The van der Waals surface area contributed by atoms with E-state index in [1.165, 1.54) is 36.5 Å². The van der Waals surface area contributed by atoms with Crippen LogP contribution in [0.3, 0.4) is 0 Å². The number of rotatable bonds is 4. The summed E-state index contributed by atoms with van der Waals surface area (Å²) >= 11 is 3.54. The highest BCUT2D eigenvalue weighted by atomic mass is 32.1. The lowest BCUT2D eigenvalue weighted by atomic mass is 10.0. The number of para-hydroxylation sites is 1. The average Bonchev–Trinajstić information content (AvgIpc) is 3.88. The molecule has 0 amide bonds. The smallest absolute Gasteiger partial charge is 0.238 e. The second-order valence-electron chi connectivity index (χ2n) is 12.5.